The van der Waals surface area contributed by atoms with Crippen LogP contribution in [0.4, 0.5) is 5.13 Å². The van der Waals surface area contributed by atoms with Crippen LogP contribution in [0.5, 0.6) is 0 Å². The Kier molecular flexibility index (Phi) is 4.27. The molecule has 1 aromatic carbocycles. The van der Waals surface area contributed by atoms with Crippen LogP contribution < -0.4 is 5.73 Å². The maximum atomic E-state index is 5.75. The molecule has 1 saturated heterocycles. The van der Waals surface area contributed by atoms with E-state index in [-0.39, 0.29) is 6.04 Å². The van der Waals surface area contributed by atoms with E-state index in [1.807, 2.05) is 36.5 Å². The third-order valence-corrected chi connectivity index (χ3v) is 5.11. The molecule has 1 aliphatic rings. The number of benzene rings is 1. The lowest BCUT2D eigenvalue weighted by Crippen LogP contribution is -2.32. The third-order valence-electron chi connectivity index (χ3n) is 4.30. The summed E-state index contributed by atoms with van der Waals surface area (Å²) in [4.78, 5) is 12.3. The SMILES string of the molecule is Nc1ncc(CN2CCCCC2c2nc(-c3ccccc3)no2)s1. The minimum absolute atomic E-state index is 0.159. The van der Waals surface area contributed by atoms with Gasteiger partial charge < -0.3 is 10.3 Å². The van der Waals surface area contributed by atoms with Gasteiger partial charge in [-0.25, -0.2) is 4.98 Å². The second-order valence-corrected chi connectivity index (χ2v) is 7.12. The number of hydrogen-bond donors (Lipinski definition) is 1. The van der Waals surface area contributed by atoms with Crippen molar-refractivity contribution < 1.29 is 4.52 Å². The summed E-state index contributed by atoms with van der Waals surface area (Å²) in [6.45, 7) is 1.84. The van der Waals surface area contributed by atoms with Crippen molar-refractivity contribution in [3.63, 3.8) is 0 Å². The molecule has 24 heavy (non-hydrogen) atoms. The first-order valence-electron chi connectivity index (χ1n) is 8.13. The zero-order valence-electron chi connectivity index (χ0n) is 13.3. The molecule has 2 aromatic heterocycles. The van der Waals surface area contributed by atoms with Crippen molar-refractivity contribution in [3.8, 4) is 11.4 Å². The summed E-state index contributed by atoms with van der Waals surface area (Å²) < 4.78 is 5.59. The number of piperidine rings is 1. The highest BCUT2D eigenvalue weighted by Gasteiger charge is 2.29. The second kappa shape index (κ2) is 6.70. The topological polar surface area (TPSA) is 81.1 Å². The Balaban J connectivity index is 1.55. The van der Waals surface area contributed by atoms with E-state index in [1.165, 1.54) is 29.1 Å². The molecule has 1 aliphatic heterocycles. The molecule has 3 aromatic rings. The molecular weight excluding hydrogens is 322 g/mol. The first-order valence-corrected chi connectivity index (χ1v) is 8.94. The number of anilines is 1. The summed E-state index contributed by atoms with van der Waals surface area (Å²) in [5.41, 5.74) is 6.72. The fraction of sp³-hybridized carbons (Fsp3) is 0.353. The van der Waals surface area contributed by atoms with Crippen LogP contribution in [0.2, 0.25) is 0 Å². The Labute approximate surface area is 144 Å². The largest absolute Gasteiger partial charge is 0.375 e. The van der Waals surface area contributed by atoms with Gasteiger partial charge in [0.1, 0.15) is 0 Å². The Bertz CT molecular complexity index is 800. The van der Waals surface area contributed by atoms with Crippen molar-refractivity contribution in [2.24, 2.45) is 0 Å². The smallest absolute Gasteiger partial charge is 0.244 e. The van der Waals surface area contributed by atoms with Crippen LogP contribution in [0.3, 0.4) is 0 Å². The molecule has 2 N–H and O–H groups in total. The highest BCUT2D eigenvalue weighted by Crippen LogP contribution is 2.33. The first kappa shape index (κ1) is 15.3. The van der Waals surface area contributed by atoms with Crippen molar-refractivity contribution >= 4 is 16.5 Å². The van der Waals surface area contributed by atoms with Crippen LogP contribution in [0, 0.1) is 0 Å². The highest BCUT2D eigenvalue weighted by atomic mass is 32.1. The lowest BCUT2D eigenvalue weighted by atomic mass is 10.0. The quantitative estimate of drug-likeness (QED) is 0.782. The van der Waals surface area contributed by atoms with Crippen LogP contribution in [0.15, 0.2) is 41.1 Å². The van der Waals surface area contributed by atoms with Crippen LogP contribution in [0.25, 0.3) is 11.4 Å². The van der Waals surface area contributed by atoms with Gasteiger partial charge in [0.25, 0.3) is 0 Å². The molecule has 0 bridgehead atoms. The van der Waals surface area contributed by atoms with E-state index in [0.717, 1.165) is 25.1 Å². The number of thiazole rings is 1. The summed E-state index contributed by atoms with van der Waals surface area (Å²) in [7, 11) is 0. The van der Waals surface area contributed by atoms with E-state index < -0.39 is 0 Å². The maximum Gasteiger partial charge on any atom is 0.244 e. The van der Waals surface area contributed by atoms with E-state index in [4.69, 9.17) is 10.3 Å². The van der Waals surface area contributed by atoms with Gasteiger partial charge >= 0.3 is 0 Å². The van der Waals surface area contributed by atoms with Crippen LogP contribution in [0.1, 0.15) is 36.1 Å². The molecule has 6 nitrogen and oxygen atoms in total. The Hall–Kier alpha value is -2.25. The van der Waals surface area contributed by atoms with E-state index in [1.54, 1.807) is 0 Å². The Morgan fingerprint density at radius 2 is 2.12 bits per heavy atom. The average Bonchev–Trinajstić information content (AvgIpc) is 3.26. The molecule has 3 heterocycles. The number of nitrogens with two attached hydrogens (primary N) is 1. The number of hydrogen-bond acceptors (Lipinski definition) is 7. The first-order chi connectivity index (χ1) is 11.8. The van der Waals surface area contributed by atoms with Gasteiger partial charge in [-0.1, -0.05) is 41.9 Å². The van der Waals surface area contributed by atoms with Crippen molar-refractivity contribution in [1.29, 1.82) is 0 Å². The van der Waals surface area contributed by atoms with E-state index in [9.17, 15) is 0 Å². The van der Waals surface area contributed by atoms with Crippen LogP contribution >= 0.6 is 11.3 Å². The van der Waals surface area contributed by atoms with Crippen molar-refractivity contribution in [3.05, 3.63) is 47.3 Å². The molecule has 1 unspecified atom stereocenters. The predicted molar refractivity (Wildman–Crippen MR) is 93.3 cm³/mol. The molecule has 0 saturated carbocycles. The van der Waals surface area contributed by atoms with Gasteiger partial charge in [0.2, 0.25) is 11.7 Å². The highest BCUT2D eigenvalue weighted by molar-refractivity contribution is 7.15. The standard InChI is InChI=1S/C17H19N5OS/c18-17-19-10-13(24-17)11-22-9-5-4-8-14(22)16-20-15(21-23-16)12-6-2-1-3-7-12/h1-3,6-7,10,14H,4-5,8-9,11H2,(H2,18,19). The van der Waals surface area contributed by atoms with Crippen molar-refractivity contribution in [1.82, 2.24) is 20.0 Å². The van der Waals surface area contributed by atoms with Crippen molar-refractivity contribution in [2.45, 2.75) is 31.8 Å². The summed E-state index contributed by atoms with van der Waals surface area (Å²) in [5, 5.41) is 4.78. The van der Waals surface area contributed by atoms with Gasteiger partial charge in [-0.15, -0.1) is 11.3 Å². The summed E-state index contributed by atoms with van der Waals surface area (Å²) in [6, 6.07) is 10.1. The fourth-order valence-corrected chi connectivity index (χ4v) is 3.84. The Morgan fingerprint density at radius 1 is 1.25 bits per heavy atom. The maximum absolute atomic E-state index is 5.75. The zero-order chi connectivity index (χ0) is 16.4. The lowest BCUT2D eigenvalue weighted by Gasteiger charge is -2.32. The lowest BCUT2D eigenvalue weighted by molar-refractivity contribution is 0.112. The number of nitrogens with zero attached hydrogens (tertiary/aromatic N) is 4. The van der Waals surface area contributed by atoms with Crippen molar-refractivity contribution in [2.75, 3.05) is 12.3 Å². The molecule has 1 atom stereocenters. The van der Waals surface area contributed by atoms with Crippen LogP contribution in [-0.2, 0) is 6.54 Å². The third kappa shape index (κ3) is 3.18. The average molecular weight is 341 g/mol. The minimum Gasteiger partial charge on any atom is -0.375 e. The van der Waals surface area contributed by atoms with Gasteiger partial charge in [-0.2, -0.15) is 4.98 Å². The van der Waals surface area contributed by atoms with E-state index >= 15 is 0 Å². The second-order valence-electron chi connectivity index (χ2n) is 5.97. The van der Waals surface area contributed by atoms with Gasteiger partial charge in [-0.05, 0) is 19.4 Å². The molecule has 0 aliphatic carbocycles. The normalized spacial score (nSPS) is 18.8. The van der Waals surface area contributed by atoms with E-state index in [2.05, 4.69) is 20.0 Å². The van der Waals surface area contributed by atoms with E-state index in [0.29, 0.717) is 16.8 Å². The fourth-order valence-electron chi connectivity index (χ4n) is 3.13. The molecule has 4 rings (SSSR count). The molecule has 7 heteroatoms. The summed E-state index contributed by atoms with van der Waals surface area (Å²) in [6.07, 6.45) is 5.25. The molecule has 0 spiro atoms. The predicted octanol–water partition coefficient (Wildman–Crippen LogP) is 3.50. The minimum atomic E-state index is 0.159. The zero-order valence-corrected chi connectivity index (χ0v) is 14.1. The Morgan fingerprint density at radius 3 is 2.92 bits per heavy atom. The summed E-state index contributed by atoms with van der Waals surface area (Å²) in [5.74, 6) is 1.35. The molecule has 124 valence electrons. The molecule has 0 radical (unpaired) electrons. The number of likely N-dealkylation sites (tertiary alicyclic amines) is 1. The number of aromatic nitrogens is 3. The van der Waals surface area contributed by atoms with Gasteiger partial charge in [0.15, 0.2) is 5.13 Å². The number of rotatable bonds is 4. The van der Waals surface area contributed by atoms with Gasteiger partial charge in [0.05, 0.1) is 6.04 Å². The van der Waals surface area contributed by atoms with Crippen LogP contribution in [-0.4, -0.2) is 26.6 Å². The van der Waals surface area contributed by atoms with Gasteiger partial charge in [0, 0.05) is 23.2 Å². The summed E-state index contributed by atoms with van der Waals surface area (Å²) >= 11 is 1.54. The number of nitrogen functional groups attached to an aromatic ring is 1. The van der Waals surface area contributed by atoms with Gasteiger partial charge in [-0.3, -0.25) is 4.90 Å². The molecular formula is C17H19N5OS. The monoisotopic (exact) mass is 341 g/mol. The molecule has 0 amide bonds. The molecule has 1 fully saturated rings.